The lowest BCUT2D eigenvalue weighted by Crippen LogP contribution is -2.51. The van der Waals surface area contributed by atoms with Gasteiger partial charge in [0.15, 0.2) is 42.4 Å². The van der Waals surface area contributed by atoms with E-state index in [1.54, 1.807) is 39.0 Å². The smallest absolute Gasteiger partial charge is 0.410 e. The van der Waals surface area contributed by atoms with E-state index in [1.165, 1.54) is 69.7 Å². The number of carbonyl (C=O) groups is 4. The second-order valence-electron chi connectivity index (χ2n) is 12.9. The molecule has 3 aromatic carbocycles. The van der Waals surface area contributed by atoms with E-state index < -0.39 is 47.3 Å². The normalized spacial score (nSPS) is 15.8. The fourth-order valence-corrected chi connectivity index (χ4v) is 5.53. The second kappa shape index (κ2) is 18.4. The fourth-order valence-electron chi connectivity index (χ4n) is 5.53. The van der Waals surface area contributed by atoms with Crippen LogP contribution < -0.4 is 24.3 Å². The monoisotopic (exact) mass is 740 g/mol. The van der Waals surface area contributed by atoms with Crippen LogP contribution in [0.3, 0.4) is 0 Å². The lowest BCUT2D eigenvalue weighted by atomic mass is 10.00. The summed E-state index contributed by atoms with van der Waals surface area (Å²) in [6.45, 7) is 5.11. The highest BCUT2D eigenvalue weighted by Crippen LogP contribution is 2.33. The number of esters is 1. The van der Waals surface area contributed by atoms with Crippen LogP contribution in [0, 0.1) is 5.82 Å². The van der Waals surface area contributed by atoms with Gasteiger partial charge in [0.25, 0.3) is 5.91 Å². The molecular weight excluding hydrogens is 695 g/mol. The van der Waals surface area contributed by atoms with Gasteiger partial charge in [0, 0.05) is 32.9 Å². The molecule has 1 saturated heterocycles. The van der Waals surface area contributed by atoms with Gasteiger partial charge >= 0.3 is 12.1 Å². The third kappa shape index (κ3) is 10.4. The number of methoxy groups -OCH3 is 4. The van der Waals surface area contributed by atoms with Crippen molar-refractivity contribution in [1.29, 1.82) is 0 Å². The maximum Gasteiger partial charge on any atom is 0.410 e. The molecule has 14 nitrogen and oxygen atoms in total. The SMILES string of the molecule is COCOc1ccc(OC)c(F)c1C(=O)c1ccc(C(=O)O[C@@H]2CCCN(C(=O)OC(C)(C)C)C[C@H]2NC(=O)c2cccc(OC)c2OCOC)cc1. The van der Waals surface area contributed by atoms with Crippen molar-refractivity contribution < 1.29 is 61.5 Å². The minimum Gasteiger partial charge on any atom is -0.494 e. The van der Waals surface area contributed by atoms with Crippen molar-refractivity contribution in [2.24, 2.45) is 0 Å². The zero-order valence-electron chi connectivity index (χ0n) is 30.8. The molecule has 1 N–H and O–H groups in total. The first-order valence-electron chi connectivity index (χ1n) is 16.7. The third-order valence-corrected chi connectivity index (χ3v) is 8.00. The summed E-state index contributed by atoms with van der Waals surface area (Å²) < 4.78 is 58.3. The van der Waals surface area contributed by atoms with Crippen LogP contribution >= 0.6 is 0 Å². The number of hydrogen-bond acceptors (Lipinski definition) is 12. The molecule has 15 heteroatoms. The van der Waals surface area contributed by atoms with Gasteiger partial charge in [-0.3, -0.25) is 9.59 Å². The van der Waals surface area contributed by atoms with E-state index in [4.69, 9.17) is 37.9 Å². The lowest BCUT2D eigenvalue weighted by Gasteiger charge is -2.31. The Morgan fingerprint density at radius 2 is 1.47 bits per heavy atom. The van der Waals surface area contributed by atoms with Gasteiger partial charge in [-0.25, -0.2) is 14.0 Å². The minimum atomic E-state index is -0.914. The molecular formula is C38H45FN2O12. The number of likely N-dealkylation sites (tertiary alicyclic amines) is 1. The predicted molar refractivity (Wildman–Crippen MR) is 188 cm³/mol. The Balaban J connectivity index is 1.60. The van der Waals surface area contributed by atoms with Crippen molar-refractivity contribution in [2.75, 3.05) is 55.1 Å². The molecule has 1 fully saturated rings. The summed E-state index contributed by atoms with van der Waals surface area (Å²) in [7, 11) is 5.53. The van der Waals surface area contributed by atoms with Gasteiger partial charge in [-0.05, 0) is 70.0 Å². The molecule has 1 heterocycles. The summed E-state index contributed by atoms with van der Waals surface area (Å²) in [6.07, 6.45) is -0.757. The summed E-state index contributed by atoms with van der Waals surface area (Å²) in [4.78, 5) is 55.5. The molecule has 2 amide bonds. The summed E-state index contributed by atoms with van der Waals surface area (Å²) in [5, 5.41) is 2.92. The van der Waals surface area contributed by atoms with E-state index in [0.29, 0.717) is 12.2 Å². The zero-order chi connectivity index (χ0) is 38.7. The van der Waals surface area contributed by atoms with E-state index >= 15 is 4.39 Å². The Morgan fingerprint density at radius 3 is 2.11 bits per heavy atom. The number of carbonyl (C=O) groups excluding carboxylic acids is 4. The Bertz CT molecular complexity index is 1760. The summed E-state index contributed by atoms with van der Waals surface area (Å²) >= 11 is 0. The number of nitrogens with one attached hydrogen (secondary N) is 1. The Kier molecular flexibility index (Phi) is 14.0. The van der Waals surface area contributed by atoms with Gasteiger partial charge in [-0.15, -0.1) is 0 Å². The predicted octanol–water partition coefficient (Wildman–Crippen LogP) is 5.39. The largest absolute Gasteiger partial charge is 0.494 e. The molecule has 1 aliphatic heterocycles. The molecule has 0 aliphatic carbocycles. The average Bonchev–Trinajstić information content (AvgIpc) is 3.33. The molecule has 0 aromatic heterocycles. The molecule has 0 bridgehead atoms. The summed E-state index contributed by atoms with van der Waals surface area (Å²) in [5.41, 5.74) is -0.858. The molecule has 4 rings (SSSR count). The highest BCUT2D eigenvalue weighted by Gasteiger charge is 2.36. The molecule has 1 aliphatic rings. The van der Waals surface area contributed by atoms with Gasteiger partial charge in [-0.2, -0.15) is 0 Å². The quantitative estimate of drug-likeness (QED) is 0.128. The first kappa shape index (κ1) is 40.4. The number of benzene rings is 3. The summed E-state index contributed by atoms with van der Waals surface area (Å²) in [5.74, 6) is -2.72. The van der Waals surface area contributed by atoms with Crippen molar-refractivity contribution in [3.8, 4) is 23.0 Å². The zero-order valence-corrected chi connectivity index (χ0v) is 30.8. The molecule has 3 aromatic rings. The Hall–Kier alpha value is -5.41. The van der Waals surface area contributed by atoms with E-state index in [1.807, 2.05) is 0 Å². The van der Waals surface area contributed by atoms with Gasteiger partial charge in [0.1, 0.15) is 23.0 Å². The van der Waals surface area contributed by atoms with Crippen molar-refractivity contribution in [2.45, 2.75) is 51.4 Å². The van der Waals surface area contributed by atoms with Crippen LogP contribution in [-0.2, 0) is 18.9 Å². The number of para-hydroxylation sites is 1. The molecule has 2 atom stereocenters. The first-order valence-corrected chi connectivity index (χ1v) is 16.7. The Labute approximate surface area is 307 Å². The highest BCUT2D eigenvalue weighted by molar-refractivity contribution is 6.11. The van der Waals surface area contributed by atoms with Crippen LogP contribution in [0.4, 0.5) is 9.18 Å². The number of rotatable bonds is 14. The number of amides is 2. The van der Waals surface area contributed by atoms with Crippen molar-refractivity contribution in [3.05, 3.63) is 82.7 Å². The van der Waals surface area contributed by atoms with Gasteiger partial charge in [0.2, 0.25) is 0 Å². The van der Waals surface area contributed by atoms with Crippen LogP contribution in [0.2, 0.25) is 0 Å². The standard InChI is InChI=1S/C38H45FN2O12/c1-38(2,3)53-37(45)41-19-9-12-27(26(20-41)40-35(43)25-10-8-11-30(49-7)34(25)51-22-47-5)52-36(44)24-15-13-23(14-16-24)33(42)31-28(50-21-46-4)17-18-29(48-6)32(31)39/h8,10-11,13-18,26-27H,9,12,19-22H2,1-7H3,(H,40,43)/t26-,27-/m1/s1. The van der Waals surface area contributed by atoms with Crippen molar-refractivity contribution >= 4 is 23.8 Å². The number of nitrogens with zero attached hydrogens (tertiary/aromatic N) is 1. The second-order valence-corrected chi connectivity index (χ2v) is 12.9. The number of hydrogen-bond donors (Lipinski definition) is 1. The number of ether oxygens (including phenoxy) is 8. The van der Waals surface area contributed by atoms with Crippen molar-refractivity contribution in [3.63, 3.8) is 0 Å². The van der Waals surface area contributed by atoms with Crippen LogP contribution in [0.25, 0.3) is 0 Å². The van der Waals surface area contributed by atoms with E-state index in [0.717, 1.165) is 0 Å². The average molecular weight is 741 g/mol. The molecule has 0 unspecified atom stereocenters. The minimum absolute atomic E-state index is 0.0378. The van der Waals surface area contributed by atoms with Gasteiger partial charge in [-0.1, -0.05) is 18.2 Å². The molecule has 0 spiro atoms. The molecule has 286 valence electrons. The van der Waals surface area contributed by atoms with Gasteiger partial charge in [0.05, 0.1) is 31.4 Å². The van der Waals surface area contributed by atoms with Gasteiger partial charge < -0.3 is 48.1 Å². The number of halogens is 1. The Morgan fingerprint density at radius 1 is 0.830 bits per heavy atom. The summed E-state index contributed by atoms with van der Waals surface area (Å²) in [6, 6.07) is 12.1. The first-order chi connectivity index (χ1) is 25.3. The van der Waals surface area contributed by atoms with Crippen LogP contribution in [0.1, 0.15) is 70.3 Å². The maximum atomic E-state index is 15.3. The molecule has 0 radical (unpaired) electrons. The lowest BCUT2D eigenvalue weighted by molar-refractivity contribution is 0.0125. The van der Waals surface area contributed by atoms with E-state index in [2.05, 4.69) is 5.32 Å². The van der Waals surface area contributed by atoms with Crippen molar-refractivity contribution in [1.82, 2.24) is 10.2 Å². The fraction of sp³-hybridized carbons (Fsp3) is 0.421. The van der Waals surface area contributed by atoms with E-state index in [9.17, 15) is 19.2 Å². The van der Waals surface area contributed by atoms with Crippen LogP contribution in [0.5, 0.6) is 23.0 Å². The maximum absolute atomic E-state index is 15.3. The van der Waals surface area contributed by atoms with E-state index in [-0.39, 0.29) is 72.6 Å². The van der Waals surface area contributed by atoms with Crippen LogP contribution in [-0.4, -0.2) is 102 Å². The third-order valence-electron chi connectivity index (χ3n) is 8.00. The highest BCUT2D eigenvalue weighted by atomic mass is 19.1. The molecule has 53 heavy (non-hydrogen) atoms. The van der Waals surface area contributed by atoms with Crippen LogP contribution in [0.15, 0.2) is 54.6 Å². The number of ketones is 1. The molecule has 0 saturated carbocycles. The topological polar surface area (TPSA) is 157 Å².